The molecular formula is C23H22N2O4. The average molecular weight is 390 g/mol. The van der Waals surface area contributed by atoms with Crippen LogP contribution in [0.1, 0.15) is 32.0 Å². The number of methoxy groups -OCH3 is 2. The fourth-order valence-corrected chi connectivity index (χ4v) is 3.92. The van der Waals surface area contributed by atoms with Gasteiger partial charge in [0.15, 0.2) is 0 Å². The number of rotatable bonds is 3. The standard InChI is InChI=1S/C23H22N2O4/c1-24-12-11-15(17-13-14(23(27)29-4)9-10-19(17)28-3)20-16-7-5-6-8-18(16)25(2)21(20)22(24)26/h5-11,13H,12H2,1-4H3. The van der Waals surface area contributed by atoms with Crippen LogP contribution in [0.5, 0.6) is 5.75 Å². The highest BCUT2D eigenvalue weighted by atomic mass is 16.5. The van der Waals surface area contributed by atoms with Crippen molar-refractivity contribution in [2.45, 2.75) is 0 Å². The van der Waals surface area contributed by atoms with E-state index in [9.17, 15) is 9.59 Å². The van der Waals surface area contributed by atoms with Gasteiger partial charge in [-0.3, -0.25) is 4.79 Å². The van der Waals surface area contributed by atoms with E-state index in [1.54, 1.807) is 37.3 Å². The van der Waals surface area contributed by atoms with Crippen LogP contribution in [0, 0.1) is 0 Å². The molecule has 6 heteroatoms. The summed E-state index contributed by atoms with van der Waals surface area (Å²) in [4.78, 5) is 27.0. The Morgan fingerprint density at radius 2 is 1.83 bits per heavy atom. The molecule has 3 aromatic rings. The van der Waals surface area contributed by atoms with Gasteiger partial charge in [-0.2, -0.15) is 0 Å². The predicted molar refractivity (Wildman–Crippen MR) is 111 cm³/mol. The summed E-state index contributed by atoms with van der Waals surface area (Å²) in [5, 5.41) is 0.977. The van der Waals surface area contributed by atoms with E-state index in [0.717, 1.165) is 27.6 Å². The average Bonchev–Trinajstić information content (AvgIpc) is 2.97. The molecule has 0 saturated carbocycles. The normalized spacial score (nSPS) is 13.7. The number of para-hydroxylation sites is 1. The Morgan fingerprint density at radius 3 is 2.55 bits per heavy atom. The topological polar surface area (TPSA) is 60.8 Å². The van der Waals surface area contributed by atoms with Crippen molar-refractivity contribution >= 4 is 28.4 Å². The number of carbonyl (C=O) groups is 2. The fraction of sp³-hybridized carbons (Fsp3) is 0.217. The minimum atomic E-state index is -0.422. The maximum absolute atomic E-state index is 13.1. The van der Waals surface area contributed by atoms with Gasteiger partial charge in [0.1, 0.15) is 11.4 Å². The van der Waals surface area contributed by atoms with Crippen molar-refractivity contribution in [1.29, 1.82) is 0 Å². The first-order chi connectivity index (χ1) is 14.0. The summed E-state index contributed by atoms with van der Waals surface area (Å²) < 4.78 is 12.4. The molecule has 0 N–H and O–H groups in total. The number of esters is 1. The third-order valence-electron chi connectivity index (χ3n) is 5.41. The number of amides is 1. The lowest BCUT2D eigenvalue weighted by atomic mass is 9.93. The smallest absolute Gasteiger partial charge is 0.337 e. The Bertz CT molecular complexity index is 1170. The molecule has 0 bridgehead atoms. The minimum absolute atomic E-state index is 0.0481. The second kappa shape index (κ2) is 7.13. The van der Waals surface area contributed by atoms with Gasteiger partial charge in [-0.15, -0.1) is 0 Å². The van der Waals surface area contributed by atoms with Crippen molar-refractivity contribution in [2.24, 2.45) is 7.05 Å². The molecule has 4 rings (SSSR count). The molecule has 1 aliphatic heterocycles. The molecular weight excluding hydrogens is 368 g/mol. The quantitative estimate of drug-likeness (QED) is 0.643. The first-order valence-electron chi connectivity index (χ1n) is 9.28. The fourth-order valence-electron chi connectivity index (χ4n) is 3.92. The summed E-state index contributed by atoms with van der Waals surface area (Å²) in [5.74, 6) is 0.155. The lowest BCUT2D eigenvalue weighted by Crippen LogP contribution is -2.27. The Balaban J connectivity index is 2.06. The van der Waals surface area contributed by atoms with Crippen molar-refractivity contribution in [2.75, 3.05) is 27.8 Å². The van der Waals surface area contributed by atoms with Crippen molar-refractivity contribution in [1.82, 2.24) is 9.47 Å². The van der Waals surface area contributed by atoms with Crippen LogP contribution in [0.25, 0.3) is 16.5 Å². The van der Waals surface area contributed by atoms with Crippen LogP contribution < -0.4 is 4.74 Å². The van der Waals surface area contributed by atoms with Crippen molar-refractivity contribution in [3.05, 3.63) is 70.9 Å². The maximum atomic E-state index is 13.1. The van der Waals surface area contributed by atoms with E-state index < -0.39 is 5.97 Å². The summed E-state index contributed by atoms with van der Waals surface area (Å²) in [7, 11) is 6.63. The van der Waals surface area contributed by atoms with Crippen LogP contribution in [-0.4, -0.2) is 49.2 Å². The summed E-state index contributed by atoms with van der Waals surface area (Å²) in [6, 6.07) is 13.1. The van der Waals surface area contributed by atoms with Gasteiger partial charge in [0.25, 0.3) is 5.91 Å². The molecule has 148 valence electrons. The first kappa shape index (κ1) is 18.8. The van der Waals surface area contributed by atoms with E-state index >= 15 is 0 Å². The maximum Gasteiger partial charge on any atom is 0.337 e. The molecule has 0 aliphatic carbocycles. The van der Waals surface area contributed by atoms with Crippen molar-refractivity contribution < 1.29 is 19.1 Å². The number of ether oxygens (including phenoxy) is 2. The van der Waals surface area contributed by atoms with Crippen LogP contribution in [0.4, 0.5) is 0 Å². The van der Waals surface area contributed by atoms with Crippen molar-refractivity contribution in [3.8, 4) is 5.75 Å². The van der Waals surface area contributed by atoms with Gasteiger partial charge >= 0.3 is 5.97 Å². The predicted octanol–water partition coefficient (Wildman–Crippen LogP) is 3.49. The molecule has 0 spiro atoms. The largest absolute Gasteiger partial charge is 0.496 e. The van der Waals surface area contributed by atoms with Crippen molar-refractivity contribution in [3.63, 3.8) is 0 Å². The number of nitrogens with zero attached hydrogens (tertiary/aromatic N) is 2. The number of carbonyl (C=O) groups excluding carboxylic acids is 2. The minimum Gasteiger partial charge on any atom is -0.496 e. The molecule has 29 heavy (non-hydrogen) atoms. The summed E-state index contributed by atoms with van der Waals surface area (Å²) in [6.07, 6.45) is 2.01. The van der Waals surface area contributed by atoms with Gasteiger partial charge in [0.2, 0.25) is 0 Å². The van der Waals surface area contributed by atoms with Crippen LogP contribution in [0.3, 0.4) is 0 Å². The van der Waals surface area contributed by atoms with E-state index in [-0.39, 0.29) is 5.91 Å². The van der Waals surface area contributed by atoms with E-state index in [2.05, 4.69) is 0 Å². The number of aryl methyl sites for hydroxylation is 1. The SMILES string of the molecule is COC(=O)c1ccc(OC)c(C2=CCN(C)C(=O)c3c2c2ccccc2n3C)c1. The Morgan fingerprint density at radius 1 is 1.07 bits per heavy atom. The summed E-state index contributed by atoms with van der Waals surface area (Å²) in [6.45, 7) is 0.447. The molecule has 0 saturated heterocycles. The van der Waals surface area contributed by atoms with Crippen LogP contribution in [0.2, 0.25) is 0 Å². The zero-order valence-electron chi connectivity index (χ0n) is 16.9. The molecule has 0 atom stereocenters. The third-order valence-corrected chi connectivity index (χ3v) is 5.41. The van der Waals surface area contributed by atoms with Gasteiger partial charge in [-0.25, -0.2) is 4.79 Å². The van der Waals surface area contributed by atoms with Crippen LogP contribution in [0.15, 0.2) is 48.5 Å². The number of fused-ring (bicyclic) bond motifs is 3. The van der Waals surface area contributed by atoms with Crippen LogP contribution in [-0.2, 0) is 11.8 Å². The highest BCUT2D eigenvalue weighted by Crippen LogP contribution is 2.40. The number of benzene rings is 2. The third kappa shape index (κ3) is 2.88. The molecule has 1 amide bonds. The van der Waals surface area contributed by atoms with Crippen LogP contribution >= 0.6 is 0 Å². The number of hydrogen-bond acceptors (Lipinski definition) is 4. The lowest BCUT2D eigenvalue weighted by molar-refractivity contribution is 0.0600. The highest BCUT2D eigenvalue weighted by Gasteiger charge is 2.29. The van der Waals surface area contributed by atoms with E-state index in [1.807, 2.05) is 42.0 Å². The molecule has 6 nitrogen and oxygen atoms in total. The van der Waals surface area contributed by atoms with Gasteiger partial charge in [0.05, 0.1) is 19.8 Å². The lowest BCUT2D eigenvalue weighted by Gasteiger charge is -2.14. The molecule has 0 unspecified atom stereocenters. The highest BCUT2D eigenvalue weighted by molar-refractivity contribution is 6.11. The molecule has 1 aromatic heterocycles. The molecule has 0 fully saturated rings. The second-order valence-electron chi connectivity index (χ2n) is 7.01. The Kier molecular flexibility index (Phi) is 4.62. The van der Waals surface area contributed by atoms with Gasteiger partial charge in [-0.1, -0.05) is 24.3 Å². The molecule has 2 aromatic carbocycles. The summed E-state index contributed by atoms with van der Waals surface area (Å²) in [5.41, 5.74) is 4.46. The number of likely N-dealkylation sites (N-methyl/N-ethyl adjacent to an activating group) is 1. The van der Waals surface area contributed by atoms with Gasteiger partial charge < -0.3 is 18.9 Å². The monoisotopic (exact) mass is 390 g/mol. The van der Waals surface area contributed by atoms with E-state index in [4.69, 9.17) is 9.47 Å². The number of hydrogen-bond donors (Lipinski definition) is 0. The molecule has 0 radical (unpaired) electrons. The summed E-state index contributed by atoms with van der Waals surface area (Å²) >= 11 is 0. The molecule has 1 aliphatic rings. The zero-order chi connectivity index (χ0) is 20.7. The second-order valence-corrected chi connectivity index (χ2v) is 7.01. The number of aromatic nitrogens is 1. The Hall–Kier alpha value is -3.54. The van der Waals surface area contributed by atoms with Gasteiger partial charge in [0, 0.05) is 42.7 Å². The van der Waals surface area contributed by atoms with E-state index in [0.29, 0.717) is 23.6 Å². The first-order valence-corrected chi connectivity index (χ1v) is 9.28. The zero-order valence-corrected chi connectivity index (χ0v) is 16.9. The Labute approximate surface area is 168 Å². The van der Waals surface area contributed by atoms with Gasteiger partial charge in [-0.05, 0) is 29.8 Å². The molecule has 2 heterocycles. The van der Waals surface area contributed by atoms with E-state index in [1.165, 1.54) is 7.11 Å².